The van der Waals surface area contributed by atoms with Gasteiger partial charge in [-0.1, -0.05) is 23.7 Å². The Kier molecular flexibility index (Phi) is 6.03. The number of hydrogen-bond acceptors (Lipinski definition) is 6. The van der Waals surface area contributed by atoms with Crippen LogP contribution in [0.4, 0.5) is 0 Å². The lowest BCUT2D eigenvalue weighted by atomic mass is 10.2. The summed E-state index contributed by atoms with van der Waals surface area (Å²) in [4.78, 5) is 23.4. The first-order valence-electron chi connectivity index (χ1n) is 6.89. The molecule has 2 aromatic rings. The lowest BCUT2D eigenvalue weighted by Crippen LogP contribution is -2.14. The van der Waals surface area contributed by atoms with E-state index in [1.54, 1.807) is 24.3 Å². The van der Waals surface area contributed by atoms with E-state index in [-0.39, 0.29) is 23.7 Å². The number of esters is 2. The first-order chi connectivity index (χ1) is 11.5. The highest BCUT2D eigenvalue weighted by Crippen LogP contribution is 2.29. The molecule has 6 nitrogen and oxygen atoms in total. The van der Waals surface area contributed by atoms with Gasteiger partial charge in [-0.25, -0.2) is 9.59 Å². The monoisotopic (exact) mass is 350 g/mol. The maximum absolute atomic E-state index is 12.2. The molecule has 24 heavy (non-hydrogen) atoms. The van der Waals surface area contributed by atoms with Gasteiger partial charge in [-0.15, -0.1) is 0 Å². The van der Waals surface area contributed by atoms with Crippen molar-refractivity contribution in [2.24, 2.45) is 0 Å². The molecule has 0 aliphatic carbocycles. The molecular formula is C17H15ClO6. The van der Waals surface area contributed by atoms with Crippen LogP contribution in [0.25, 0.3) is 0 Å². The molecule has 0 N–H and O–H groups in total. The van der Waals surface area contributed by atoms with Crippen molar-refractivity contribution in [3.05, 3.63) is 53.1 Å². The molecule has 0 saturated carbocycles. The van der Waals surface area contributed by atoms with E-state index < -0.39 is 11.9 Å². The van der Waals surface area contributed by atoms with Gasteiger partial charge in [0, 0.05) is 0 Å². The molecule has 0 heterocycles. The molecule has 0 spiro atoms. The Morgan fingerprint density at radius 1 is 1.00 bits per heavy atom. The van der Waals surface area contributed by atoms with E-state index in [0.717, 1.165) is 0 Å². The molecule has 0 aliphatic heterocycles. The summed E-state index contributed by atoms with van der Waals surface area (Å²) >= 11 is 5.96. The number of methoxy groups -OCH3 is 2. The van der Waals surface area contributed by atoms with Crippen molar-refractivity contribution >= 4 is 23.5 Å². The molecular weight excluding hydrogens is 336 g/mol. The molecule has 0 amide bonds. The predicted molar refractivity (Wildman–Crippen MR) is 86.9 cm³/mol. The van der Waals surface area contributed by atoms with Crippen molar-refractivity contribution in [3.63, 3.8) is 0 Å². The molecule has 0 aromatic heterocycles. The van der Waals surface area contributed by atoms with Crippen LogP contribution in [0.2, 0.25) is 5.02 Å². The number of hydrogen-bond donors (Lipinski definition) is 0. The number of carbonyl (C=O) groups excluding carboxylic acids is 2. The zero-order chi connectivity index (χ0) is 17.5. The summed E-state index contributed by atoms with van der Waals surface area (Å²) in [6.07, 6.45) is 0. The second kappa shape index (κ2) is 8.21. The number of carbonyl (C=O) groups is 2. The maximum Gasteiger partial charge on any atom is 0.343 e. The fourth-order valence-corrected chi connectivity index (χ4v) is 1.97. The molecule has 0 aliphatic rings. The fraction of sp³-hybridized carbons (Fsp3) is 0.176. The Morgan fingerprint density at radius 2 is 1.75 bits per heavy atom. The lowest BCUT2D eigenvalue weighted by molar-refractivity contribution is -0.142. The SMILES string of the molecule is COC(=O)COc1cc(C(=O)Oc2ccccc2Cl)ccc1OC. The Hall–Kier alpha value is -2.73. The molecule has 0 atom stereocenters. The lowest BCUT2D eigenvalue weighted by Gasteiger charge is -2.11. The van der Waals surface area contributed by atoms with Crippen LogP contribution in [0, 0.1) is 0 Å². The first kappa shape index (κ1) is 17.6. The van der Waals surface area contributed by atoms with Gasteiger partial charge in [-0.3, -0.25) is 0 Å². The number of halogens is 1. The molecule has 0 unspecified atom stereocenters. The van der Waals surface area contributed by atoms with Gasteiger partial charge < -0.3 is 18.9 Å². The van der Waals surface area contributed by atoms with Gasteiger partial charge in [0.15, 0.2) is 18.1 Å². The Bertz CT molecular complexity index is 744. The minimum Gasteiger partial charge on any atom is -0.493 e. The highest BCUT2D eigenvalue weighted by atomic mass is 35.5. The van der Waals surface area contributed by atoms with Crippen molar-refractivity contribution < 1.29 is 28.5 Å². The van der Waals surface area contributed by atoms with Gasteiger partial charge in [0.25, 0.3) is 0 Å². The summed E-state index contributed by atoms with van der Waals surface area (Å²) in [7, 11) is 2.70. The summed E-state index contributed by atoms with van der Waals surface area (Å²) in [5, 5.41) is 0.321. The summed E-state index contributed by atoms with van der Waals surface area (Å²) in [5.74, 6) is -0.337. The van der Waals surface area contributed by atoms with Gasteiger partial charge in [0.05, 0.1) is 24.8 Å². The van der Waals surface area contributed by atoms with E-state index >= 15 is 0 Å². The quantitative estimate of drug-likeness (QED) is 0.589. The van der Waals surface area contributed by atoms with Crippen LogP contribution < -0.4 is 14.2 Å². The largest absolute Gasteiger partial charge is 0.493 e. The molecule has 0 bridgehead atoms. The van der Waals surface area contributed by atoms with Gasteiger partial charge in [-0.05, 0) is 30.3 Å². The highest BCUT2D eigenvalue weighted by molar-refractivity contribution is 6.32. The van der Waals surface area contributed by atoms with Gasteiger partial charge in [0.1, 0.15) is 5.75 Å². The predicted octanol–water partition coefficient (Wildman–Crippen LogP) is 3.12. The van der Waals surface area contributed by atoms with E-state index in [2.05, 4.69) is 4.74 Å². The number of benzene rings is 2. The van der Waals surface area contributed by atoms with Crippen LogP contribution in [-0.2, 0) is 9.53 Å². The van der Waals surface area contributed by atoms with Crippen molar-refractivity contribution in [1.82, 2.24) is 0 Å². The average molecular weight is 351 g/mol. The van der Waals surface area contributed by atoms with E-state index in [1.807, 2.05) is 0 Å². The standard InChI is InChI=1S/C17H15ClO6/c1-21-14-8-7-11(9-15(14)23-10-16(19)22-2)17(20)24-13-6-4-3-5-12(13)18/h3-9H,10H2,1-2H3. The van der Waals surface area contributed by atoms with Crippen LogP contribution >= 0.6 is 11.6 Å². The molecule has 126 valence electrons. The molecule has 2 rings (SSSR count). The highest BCUT2D eigenvalue weighted by Gasteiger charge is 2.15. The Labute approximate surface area is 143 Å². The molecule has 0 saturated heterocycles. The number of para-hydroxylation sites is 1. The molecule has 0 radical (unpaired) electrons. The third-order valence-corrected chi connectivity index (χ3v) is 3.32. The van der Waals surface area contributed by atoms with Crippen LogP contribution in [0.15, 0.2) is 42.5 Å². The maximum atomic E-state index is 12.2. The normalized spacial score (nSPS) is 9.96. The van der Waals surface area contributed by atoms with E-state index in [0.29, 0.717) is 10.8 Å². The first-order valence-corrected chi connectivity index (χ1v) is 7.27. The van der Waals surface area contributed by atoms with E-state index in [9.17, 15) is 9.59 Å². The smallest absolute Gasteiger partial charge is 0.343 e. The Morgan fingerprint density at radius 3 is 2.42 bits per heavy atom. The van der Waals surface area contributed by atoms with E-state index in [1.165, 1.54) is 32.4 Å². The zero-order valence-corrected chi connectivity index (χ0v) is 13.8. The topological polar surface area (TPSA) is 71.1 Å². The molecule has 0 fully saturated rings. The van der Waals surface area contributed by atoms with Crippen LogP contribution in [0.5, 0.6) is 17.2 Å². The third kappa shape index (κ3) is 4.39. The second-order valence-electron chi connectivity index (χ2n) is 4.55. The number of rotatable bonds is 6. The third-order valence-electron chi connectivity index (χ3n) is 3.01. The zero-order valence-electron chi connectivity index (χ0n) is 13.1. The second-order valence-corrected chi connectivity index (χ2v) is 4.96. The number of ether oxygens (including phenoxy) is 4. The van der Waals surface area contributed by atoms with Crippen molar-refractivity contribution in [2.75, 3.05) is 20.8 Å². The molecule has 2 aromatic carbocycles. The Balaban J connectivity index is 2.19. The van der Waals surface area contributed by atoms with Crippen molar-refractivity contribution in [1.29, 1.82) is 0 Å². The minimum absolute atomic E-state index is 0.218. The molecule has 7 heteroatoms. The van der Waals surface area contributed by atoms with Crippen LogP contribution in [0.1, 0.15) is 10.4 Å². The average Bonchev–Trinajstić information content (AvgIpc) is 2.61. The van der Waals surface area contributed by atoms with Gasteiger partial charge in [-0.2, -0.15) is 0 Å². The van der Waals surface area contributed by atoms with Gasteiger partial charge in [0.2, 0.25) is 0 Å². The summed E-state index contributed by atoms with van der Waals surface area (Å²) < 4.78 is 20.2. The van der Waals surface area contributed by atoms with Crippen LogP contribution in [-0.4, -0.2) is 32.8 Å². The van der Waals surface area contributed by atoms with Crippen LogP contribution in [0.3, 0.4) is 0 Å². The minimum atomic E-state index is -0.617. The van der Waals surface area contributed by atoms with Crippen molar-refractivity contribution in [3.8, 4) is 17.2 Å². The van der Waals surface area contributed by atoms with Gasteiger partial charge >= 0.3 is 11.9 Å². The fourth-order valence-electron chi connectivity index (χ4n) is 1.80. The summed E-state index contributed by atoms with van der Waals surface area (Å²) in [5.41, 5.74) is 0.218. The summed E-state index contributed by atoms with van der Waals surface area (Å²) in [6.45, 7) is -0.310. The summed E-state index contributed by atoms with van der Waals surface area (Å²) in [6, 6.07) is 11.1. The van der Waals surface area contributed by atoms with Crippen molar-refractivity contribution in [2.45, 2.75) is 0 Å². The van der Waals surface area contributed by atoms with E-state index in [4.69, 9.17) is 25.8 Å².